The highest BCUT2D eigenvalue weighted by molar-refractivity contribution is 5.57. The van der Waals surface area contributed by atoms with Crippen molar-refractivity contribution in [2.24, 2.45) is 5.73 Å². The van der Waals surface area contributed by atoms with Crippen LogP contribution in [0.5, 0.6) is 0 Å². The highest BCUT2D eigenvalue weighted by Crippen LogP contribution is 2.21. The Morgan fingerprint density at radius 1 is 1.50 bits per heavy atom. The fourth-order valence-corrected chi connectivity index (χ4v) is 1.34. The molecule has 0 saturated carbocycles. The summed E-state index contributed by atoms with van der Waals surface area (Å²) in [4.78, 5) is 4.22. The van der Waals surface area contributed by atoms with E-state index in [2.05, 4.69) is 10.1 Å². The number of rotatable bonds is 3. The summed E-state index contributed by atoms with van der Waals surface area (Å²) in [6.45, 7) is 1.31. The van der Waals surface area contributed by atoms with Crippen molar-refractivity contribution in [3.8, 4) is 0 Å². The van der Waals surface area contributed by atoms with Crippen LogP contribution < -0.4 is 5.73 Å². The van der Waals surface area contributed by atoms with Crippen LogP contribution in [0.1, 0.15) is 24.6 Å². The third-order valence-corrected chi connectivity index (χ3v) is 2.04. The lowest BCUT2D eigenvalue weighted by molar-refractivity contribution is 0.233. The minimum atomic E-state index is 0.536. The van der Waals surface area contributed by atoms with E-state index in [1.165, 1.54) is 0 Å². The van der Waals surface area contributed by atoms with Crippen molar-refractivity contribution in [3.63, 3.8) is 0 Å². The number of nitrogens with zero attached hydrogens (tertiary/aromatic N) is 2. The second-order valence-corrected chi connectivity index (χ2v) is 3.17. The van der Waals surface area contributed by atoms with Gasteiger partial charge in [0.05, 0.1) is 18.4 Å². The van der Waals surface area contributed by atoms with Crippen LogP contribution in [-0.4, -0.2) is 23.3 Å². The molecule has 14 heavy (non-hydrogen) atoms. The molecule has 0 saturated heterocycles. The second-order valence-electron chi connectivity index (χ2n) is 3.17. The highest BCUT2D eigenvalue weighted by atomic mass is 16.5. The molecule has 1 aromatic rings. The van der Waals surface area contributed by atoms with Crippen molar-refractivity contribution in [2.45, 2.75) is 19.3 Å². The van der Waals surface area contributed by atoms with Crippen molar-refractivity contribution in [2.75, 3.05) is 13.2 Å². The molecule has 0 amide bonds. The van der Waals surface area contributed by atoms with Gasteiger partial charge >= 0.3 is 0 Å². The zero-order valence-electron chi connectivity index (χ0n) is 7.90. The van der Waals surface area contributed by atoms with E-state index in [1.807, 2.05) is 0 Å². The third kappa shape index (κ3) is 1.93. The van der Waals surface area contributed by atoms with Gasteiger partial charge in [0, 0.05) is 6.42 Å². The Morgan fingerprint density at radius 2 is 2.43 bits per heavy atom. The Balaban J connectivity index is 2.11. The quantitative estimate of drug-likeness (QED) is 0.769. The maximum atomic E-state index is 5.39. The molecular formula is C9H13N3O2. The first kappa shape index (κ1) is 9.21. The minimum absolute atomic E-state index is 0.536. The summed E-state index contributed by atoms with van der Waals surface area (Å²) in [5, 5.41) is 3.82. The lowest BCUT2D eigenvalue weighted by Gasteiger charge is -2.09. The van der Waals surface area contributed by atoms with Crippen molar-refractivity contribution in [1.82, 2.24) is 10.1 Å². The molecule has 76 valence electrons. The molecule has 1 aliphatic rings. The molecule has 0 bridgehead atoms. The Kier molecular flexibility index (Phi) is 2.78. The van der Waals surface area contributed by atoms with E-state index in [4.69, 9.17) is 15.0 Å². The molecule has 2 rings (SSSR count). The second kappa shape index (κ2) is 4.23. The van der Waals surface area contributed by atoms with Crippen LogP contribution >= 0.6 is 0 Å². The number of hydrogen-bond acceptors (Lipinski definition) is 5. The molecule has 2 N–H and O–H groups in total. The molecular weight excluding hydrogens is 182 g/mol. The molecule has 5 heteroatoms. The molecule has 0 aromatic carbocycles. The lowest BCUT2D eigenvalue weighted by atomic mass is 10.1. The van der Waals surface area contributed by atoms with Gasteiger partial charge in [-0.05, 0) is 19.4 Å². The molecule has 0 radical (unpaired) electrons. The largest absolute Gasteiger partial charge is 0.501 e. The summed E-state index contributed by atoms with van der Waals surface area (Å²) in [5.41, 5.74) is 6.37. The van der Waals surface area contributed by atoms with Crippen molar-refractivity contribution >= 4 is 5.57 Å². The summed E-state index contributed by atoms with van der Waals surface area (Å²) >= 11 is 0. The van der Waals surface area contributed by atoms with Crippen LogP contribution in [0, 0.1) is 0 Å². The molecule has 1 aromatic heterocycles. The smallest absolute Gasteiger partial charge is 0.256 e. The highest BCUT2D eigenvalue weighted by Gasteiger charge is 2.13. The minimum Gasteiger partial charge on any atom is -0.501 e. The number of aromatic nitrogens is 2. The average molecular weight is 195 g/mol. The maximum Gasteiger partial charge on any atom is 0.256 e. The summed E-state index contributed by atoms with van der Waals surface area (Å²) in [6, 6.07) is 0. The molecule has 0 atom stereocenters. The van der Waals surface area contributed by atoms with Crippen LogP contribution in [0.15, 0.2) is 10.8 Å². The van der Waals surface area contributed by atoms with Crippen LogP contribution in [0.2, 0.25) is 0 Å². The standard InChI is InChI=1S/C9H13N3O2/c10-4-3-8-11-9(14-12-8)7-2-1-5-13-6-7/h6H,1-5,10H2. The summed E-state index contributed by atoms with van der Waals surface area (Å²) in [5.74, 6) is 1.22. The van der Waals surface area contributed by atoms with Gasteiger partial charge in [0.25, 0.3) is 5.89 Å². The monoisotopic (exact) mass is 195 g/mol. The van der Waals surface area contributed by atoms with Gasteiger partial charge in [-0.3, -0.25) is 0 Å². The Bertz CT molecular complexity index is 333. The van der Waals surface area contributed by atoms with Gasteiger partial charge < -0.3 is 15.0 Å². The van der Waals surface area contributed by atoms with E-state index in [-0.39, 0.29) is 0 Å². The van der Waals surface area contributed by atoms with Gasteiger partial charge in [0.15, 0.2) is 5.82 Å². The Morgan fingerprint density at radius 3 is 3.14 bits per heavy atom. The van der Waals surface area contributed by atoms with Gasteiger partial charge in [-0.15, -0.1) is 0 Å². The number of nitrogens with two attached hydrogens (primary N) is 1. The molecule has 2 heterocycles. The zero-order valence-corrected chi connectivity index (χ0v) is 7.90. The van der Waals surface area contributed by atoms with Gasteiger partial charge in [-0.25, -0.2) is 0 Å². The first-order chi connectivity index (χ1) is 6.90. The number of hydrogen-bond donors (Lipinski definition) is 1. The van der Waals surface area contributed by atoms with Gasteiger partial charge in [-0.2, -0.15) is 4.98 Å². The van der Waals surface area contributed by atoms with Gasteiger partial charge in [0.2, 0.25) is 0 Å². The predicted octanol–water partition coefficient (Wildman–Crippen LogP) is 0.722. The van der Waals surface area contributed by atoms with E-state index in [9.17, 15) is 0 Å². The Hall–Kier alpha value is -1.36. The van der Waals surface area contributed by atoms with E-state index in [0.717, 1.165) is 25.0 Å². The van der Waals surface area contributed by atoms with E-state index in [0.29, 0.717) is 24.7 Å². The SMILES string of the molecule is NCCc1noc(C2=COCCC2)n1. The lowest BCUT2D eigenvalue weighted by Crippen LogP contribution is -2.04. The molecule has 0 aliphatic carbocycles. The molecule has 0 spiro atoms. The summed E-state index contributed by atoms with van der Waals surface area (Å²) in [6.07, 6.45) is 4.28. The average Bonchev–Trinajstić information content (AvgIpc) is 2.68. The van der Waals surface area contributed by atoms with Crippen LogP contribution in [0.4, 0.5) is 0 Å². The van der Waals surface area contributed by atoms with Crippen LogP contribution in [0.3, 0.4) is 0 Å². The normalized spacial score (nSPS) is 16.2. The zero-order chi connectivity index (χ0) is 9.80. The van der Waals surface area contributed by atoms with Crippen LogP contribution in [-0.2, 0) is 11.2 Å². The van der Waals surface area contributed by atoms with E-state index < -0.39 is 0 Å². The fourth-order valence-electron chi connectivity index (χ4n) is 1.34. The van der Waals surface area contributed by atoms with E-state index >= 15 is 0 Å². The topological polar surface area (TPSA) is 74.2 Å². The molecule has 0 fully saturated rings. The van der Waals surface area contributed by atoms with Crippen molar-refractivity contribution in [3.05, 3.63) is 18.0 Å². The first-order valence-corrected chi connectivity index (χ1v) is 4.74. The molecule has 0 unspecified atom stereocenters. The van der Waals surface area contributed by atoms with Gasteiger partial charge in [0.1, 0.15) is 0 Å². The third-order valence-electron chi connectivity index (χ3n) is 2.04. The molecule has 1 aliphatic heterocycles. The number of allylic oxidation sites excluding steroid dienone is 1. The van der Waals surface area contributed by atoms with Crippen molar-refractivity contribution < 1.29 is 9.26 Å². The Labute approximate surface area is 81.9 Å². The molecule has 5 nitrogen and oxygen atoms in total. The maximum absolute atomic E-state index is 5.39. The van der Waals surface area contributed by atoms with Gasteiger partial charge in [-0.1, -0.05) is 5.16 Å². The first-order valence-electron chi connectivity index (χ1n) is 4.74. The summed E-state index contributed by atoms with van der Waals surface area (Å²) < 4.78 is 10.3. The number of ether oxygens (including phenoxy) is 1. The van der Waals surface area contributed by atoms with E-state index in [1.54, 1.807) is 6.26 Å². The summed E-state index contributed by atoms with van der Waals surface area (Å²) in [7, 11) is 0. The van der Waals surface area contributed by atoms with Crippen molar-refractivity contribution in [1.29, 1.82) is 0 Å². The van der Waals surface area contributed by atoms with Crippen LogP contribution in [0.25, 0.3) is 5.57 Å². The fraction of sp³-hybridized carbons (Fsp3) is 0.556. The predicted molar refractivity (Wildman–Crippen MR) is 50.2 cm³/mol.